The molecule has 2 rings (SSSR count). The Kier molecular flexibility index (Phi) is 3.90. The second-order valence-corrected chi connectivity index (χ2v) is 4.42. The second kappa shape index (κ2) is 5.61. The maximum absolute atomic E-state index is 13.8. The molecule has 2 aromatic rings. The van der Waals surface area contributed by atoms with E-state index in [1.165, 1.54) is 6.07 Å². The van der Waals surface area contributed by atoms with Gasteiger partial charge < -0.3 is 5.32 Å². The van der Waals surface area contributed by atoms with Gasteiger partial charge in [-0.25, -0.2) is 4.39 Å². The molecule has 1 aromatic heterocycles. The fraction of sp³-hybridized carbons (Fsp3) is 0.200. The van der Waals surface area contributed by atoms with Crippen LogP contribution in [0.25, 0.3) is 0 Å². The average molecular weight is 258 g/mol. The number of aryl methyl sites for hydroxylation is 2. The van der Waals surface area contributed by atoms with Gasteiger partial charge in [-0.1, -0.05) is 12.1 Å². The van der Waals surface area contributed by atoms with Crippen LogP contribution in [-0.2, 0) is 6.54 Å². The van der Waals surface area contributed by atoms with E-state index in [-0.39, 0.29) is 5.56 Å². The lowest BCUT2D eigenvalue weighted by molar-refractivity contribution is 0.0946. The smallest absolute Gasteiger partial charge is 0.254 e. The molecule has 4 heteroatoms. The van der Waals surface area contributed by atoms with Crippen LogP contribution in [-0.4, -0.2) is 10.9 Å². The number of amides is 1. The van der Waals surface area contributed by atoms with E-state index in [1.54, 1.807) is 31.5 Å². The minimum absolute atomic E-state index is 0.0757. The zero-order chi connectivity index (χ0) is 13.8. The third-order valence-electron chi connectivity index (χ3n) is 3.01. The largest absolute Gasteiger partial charge is 0.348 e. The Bertz CT molecular complexity index is 611. The molecule has 0 aliphatic carbocycles. The van der Waals surface area contributed by atoms with Gasteiger partial charge in [-0.15, -0.1) is 0 Å². The first-order valence-electron chi connectivity index (χ1n) is 6.02. The van der Waals surface area contributed by atoms with Crippen molar-refractivity contribution in [2.45, 2.75) is 20.4 Å². The van der Waals surface area contributed by atoms with Crippen molar-refractivity contribution in [1.29, 1.82) is 0 Å². The molecule has 0 unspecified atom stereocenters. The third kappa shape index (κ3) is 2.96. The summed E-state index contributed by atoms with van der Waals surface area (Å²) in [5.41, 5.74) is 2.50. The van der Waals surface area contributed by atoms with Gasteiger partial charge in [0.1, 0.15) is 5.82 Å². The molecule has 0 spiro atoms. The summed E-state index contributed by atoms with van der Waals surface area (Å²) < 4.78 is 13.8. The van der Waals surface area contributed by atoms with Crippen LogP contribution in [0.15, 0.2) is 36.7 Å². The Morgan fingerprint density at radius 1 is 1.26 bits per heavy atom. The number of hydrogen-bond donors (Lipinski definition) is 1. The molecule has 0 aliphatic heterocycles. The lowest BCUT2D eigenvalue weighted by Gasteiger charge is -2.09. The first-order valence-corrected chi connectivity index (χ1v) is 6.02. The van der Waals surface area contributed by atoms with Gasteiger partial charge in [-0.2, -0.15) is 0 Å². The number of carbonyl (C=O) groups is 1. The maximum atomic E-state index is 13.8. The van der Waals surface area contributed by atoms with Crippen molar-refractivity contribution < 1.29 is 9.18 Å². The van der Waals surface area contributed by atoms with E-state index in [1.807, 2.05) is 13.0 Å². The molecule has 3 nitrogen and oxygen atoms in total. The summed E-state index contributed by atoms with van der Waals surface area (Å²) in [6.45, 7) is 3.92. The van der Waals surface area contributed by atoms with E-state index in [0.29, 0.717) is 12.1 Å². The highest BCUT2D eigenvalue weighted by Crippen LogP contribution is 2.12. The summed E-state index contributed by atoms with van der Waals surface area (Å²) in [5, 5.41) is 2.72. The Morgan fingerprint density at radius 3 is 2.79 bits per heavy atom. The Hall–Kier alpha value is -2.23. The van der Waals surface area contributed by atoms with Gasteiger partial charge in [-0.3, -0.25) is 9.78 Å². The number of pyridine rings is 1. The number of nitrogens with one attached hydrogen (secondary N) is 1. The van der Waals surface area contributed by atoms with Crippen LogP contribution in [0.2, 0.25) is 0 Å². The van der Waals surface area contributed by atoms with Crippen molar-refractivity contribution in [1.82, 2.24) is 10.3 Å². The van der Waals surface area contributed by atoms with E-state index in [4.69, 9.17) is 0 Å². The zero-order valence-electron chi connectivity index (χ0n) is 10.9. The number of benzene rings is 1. The van der Waals surface area contributed by atoms with E-state index in [2.05, 4.69) is 10.3 Å². The Morgan fingerprint density at radius 2 is 2.05 bits per heavy atom. The van der Waals surface area contributed by atoms with E-state index in [0.717, 1.165) is 11.1 Å². The van der Waals surface area contributed by atoms with Crippen molar-refractivity contribution in [3.8, 4) is 0 Å². The van der Waals surface area contributed by atoms with Gasteiger partial charge in [0.15, 0.2) is 0 Å². The number of nitrogens with zero attached hydrogens (tertiary/aromatic N) is 1. The highest BCUT2D eigenvalue weighted by Gasteiger charge is 2.12. The predicted octanol–water partition coefficient (Wildman–Crippen LogP) is 2.77. The van der Waals surface area contributed by atoms with Crippen molar-refractivity contribution in [3.63, 3.8) is 0 Å². The number of rotatable bonds is 3. The second-order valence-electron chi connectivity index (χ2n) is 4.42. The fourth-order valence-electron chi connectivity index (χ4n) is 1.79. The highest BCUT2D eigenvalue weighted by atomic mass is 19.1. The number of aromatic nitrogens is 1. The third-order valence-corrected chi connectivity index (χ3v) is 3.01. The molecular weight excluding hydrogens is 243 g/mol. The molecule has 0 saturated carbocycles. The molecule has 1 N–H and O–H groups in total. The highest BCUT2D eigenvalue weighted by molar-refractivity contribution is 5.94. The van der Waals surface area contributed by atoms with Crippen LogP contribution in [0, 0.1) is 19.7 Å². The monoisotopic (exact) mass is 258 g/mol. The van der Waals surface area contributed by atoms with Gasteiger partial charge in [0, 0.05) is 18.9 Å². The van der Waals surface area contributed by atoms with Crippen LogP contribution in [0.1, 0.15) is 27.0 Å². The van der Waals surface area contributed by atoms with Crippen LogP contribution < -0.4 is 5.32 Å². The van der Waals surface area contributed by atoms with Gasteiger partial charge in [-0.05, 0) is 42.7 Å². The summed E-state index contributed by atoms with van der Waals surface area (Å²) in [7, 11) is 0. The molecule has 0 saturated heterocycles. The minimum Gasteiger partial charge on any atom is -0.348 e. The topological polar surface area (TPSA) is 42.0 Å². The van der Waals surface area contributed by atoms with E-state index in [9.17, 15) is 9.18 Å². The maximum Gasteiger partial charge on any atom is 0.254 e. The van der Waals surface area contributed by atoms with Crippen molar-refractivity contribution in [2.24, 2.45) is 0 Å². The summed E-state index contributed by atoms with van der Waals surface area (Å²) in [4.78, 5) is 15.9. The SMILES string of the molecule is Cc1cnccc1CNC(=O)c1cccc(C)c1F. The summed E-state index contributed by atoms with van der Waals surface area (Å²) >= 11 is 0. The van der Waals surface area contributed by atoms with Crippen molar-refractivity contribution in [3.05, 3.63) is 64.7 Å². The van der Waals surface area contributed by atoms with Gasteiger partial charge in [0.05, 0.1) is 5.56 Å². The standard InChI is InChI=1S/C15H15FN2O/c1-10-4-3-5-13(14(10)16)15(19)18-9-12-6-7-17-8-11(12)2/h3-8H,9H2,1-2H3,(H,18,19). The van der Waals surface area contributed by atoms with E-state index >= 15 is 0 Å². The van der Waals surface area contributed by atoms with E-state index < -0.39 is 11.7 Å². The summed E-state index contributed by atoms with van der Waals surface area (Å²) in [6, 6.07) is 6.63. The van der Waals surface area contributed by atoms with Crippen molar-refractivity contribution in [2.75, 3.05) is 0 Å². The zero-order valence-corrected chi connectivity index (χ0v) is 10.9. The Labute approximate surface area is 111 Å². The van der Waals surface area contributed by atoms with Gasteiger partial charge >= 0.3 is 0 Å². The van der Waals surface area contributed by atoms with Gasteiger partial charge in [0.2, 0.25) is 0 Å². The molecule has 98 valence electrons. The number of hydrogen-bond acceptors (Lipinski definition) is 2. The van der Waals surface area contributed by atoms with Crippen LogP contribution in [0.5, 0.6) is 0 Å². The fourth-order valence-corrected chi connectivity index (χ4v) is 1.79. The van der Waals surface area contributed by atoms with Crippen LogP contribution in [0.4, 0.5) is 4.39 Å². The lowest BCUT2D eigenvalue weighted by Crippen LogP contribution is -2.24. The lowest BCUT2D eigenvalue weighted by atomic mass is 10.1. The quantitative estimate of drug-likeness (QED) is 0.919. The molecule has 1 amide bonds. The molecule has 0 bridgehead atoms. The van der Waals surface area contributed by atoms with Crippen LogP contribution in [0.3, 0.4) is 0 Å². The summed E-state index contributed by atoms with van der Waals surface area (Å²) in [5.74, 6) is -0.871. The minimum atomic E-state index is -0.466. The molecular formula is C15H15FN2O. The van der Waals surface area contributed by atoms with Crippen molar-refractivity contribution >= 4 is 5.91 Å². The molecule has 19 heavy (non-hydrogen) atoms. The first kappa shape index (κ1) is 13.2. The summed E-state index contributed by atoms with van der Waals surface area (Å²) in [6.07, 6.45) is 3.40. The van der Waals surface area contributed by atoms with Crippen LogP contribution >= 0.6 is 0 Å². The molecule has 0 aliphatic rings. The molecule has 1 heterocycles. The molecule has 1 aromatic carbocycles. The predicted molar refractivity (Wildman–Crippen MR) is 71.3 cm³/mol. The Balaban J connectivity index is 2.10. The average Bonchev–Trinajstić information content (AvgIpc) is 2.40. The molecule has 0 atom stereocenters. The molecule has 0 fully saturated rings. The first-order chi connectivity index (χ1) is 9.09. The normalized spacial score (nSPS) is 10.3. The number of carbonyl (C=O) groups excluding carboxylic acids is 1. The molecule has 0 radical (unpaired) electrons. The van der Waals surface area contributed by atoms with Gasteiger partial charge in [0.25, 0.3) is 5.91 Å². The number of halogens is 1.